The number of thiazole rings is 1. The number of rotatable bonds is 3. The van der Waals surface area contributed by atoms with E-state index < -0.39 is 0 Å². The molecule has 0 saturated carbocycles. The van der Waals surface area contributed by atoms with Crippen molar-refractivity contribution in [3.63, 3.8) is 0 Å². The molecule has 0 bridgehead atoms. The molecule has 1 aromatic heterocycles. The number of hydrogen-bond donors (Lipinski definition) is 1. The summed E-state index contributed by atoms with van der Waals surface area (Å²) in [4.78, 5) is 16.7. The van der Waals surface area contributed by atoms with Crippen LogP contribution >= 0.6 is 22.9 Å². The van der Waals surface area contributed by atoms with Crippen molar-refractivity contribution >= 4 is 40.6 Å². The first-order chi connectivity index (χ1) is 12.2. The van der Waals surface area contributed by atoms with Crippen LogP contribution in [0.4, 0.5) is 5.69 Å². The van der Waals surface area contributed by atoms with Crippen molar-refractivity contribution in [3.8, 4) is 16.3 Å². The summed E-state index contributed by atoms with van der Waals surface area (Å²) < 4.78 is 5.62. The Labute approximate surface area is 153 Å². The lowest BCUT2D eigenvalue weighted by molar-refractivity contribution is -0.113. The maximum absolute atomic E-state index is 12.5. The Morgan fingerprint density at radius 2 is 2.04 bits per heavy atom. The molecule has 1 aliphatic heterocycles. The minimum absolute atomic E-state index is 0.187. The van der Waals surface area contributed by atoms with Gasteiger partial charge >= 0.3 is 0 Å². The highest BCUT2D eigenvalue weighted by molar-refractivity contribution is 7.13. The zero-order valence-corrected chi connectivity index (χ0v) is 14.6. The van der Waals surface area contributed by atoms with Gasteiger partial charge in [-0.15, -0.1) is 11.3 Å². The Kier molecular flexibility index (Phi) is 4.26. The molecule has 1 amide bonds. The molecule has 3 aromatic rings. The van der Waals surface area contributed by atoms with Crippen LogP contribution < -0.4 is 10.1 Å². The van der Waals surface area contributed by atoms with Crippen molar-refractivity contribution in [1.82, 2.24) is 4.98 Å². The Morgan fingerprint density at radius 1 is 1.20 bits per heavy atom. The van der Waals surface area contributed by atoms with E-state index in [0.29, 0.717) is 10.6 Å². The second-order valence-electron chi connectivity index (χ2n) is 5.51. The van der Waals surface area contributed by atoms with Crippen LogP contribution in [0.5, 0.6) is 5.75 Å². The Bertz CT molecular complexity index is 950. The molecule has 0 spiro atoms. The fraction of sp³-hybridized carbons (Fsp3) is 0.0526. The van der Waals surface area contributed by atoms with E-state index in [2.05, 4.69) is 10.3 Å². The van der Waals surface area contributed by atoms with E-state index in [0.717, 1.165) is 27.6 Å². The molecule has 2 heterocycles. The number of carbonyl (C=O) groups is 1. The first-order valence-electron chi connectivity index (χ1n) is 7.63. The molecule has 1 aliphatic rings. The maximum atomic E-state index is 12.5. The number of hydrogen-bond acceptors (Lipinski definition) is 4. The van der Waals surface area contributed by atoms with Gasteiger partial charge in [0, 0.05) is 33.4 Å². The summed E-state index contributed by atoms with van der Waals surface area (Å²) in [7, 11) is 0. The number of nitrogens with zero attached hydrogens (tertiary/aromatic N) is 1. The molecule has 0 unspecified atom stereocenters. The monoisotopic (exact) mass is 368 g/mol. The number of anilines is 1. The van der Waals surface area contributed by atoms with Gasteiger partial charge in [-0.1, -0.05) is 11.6 Å². The van der Waals surface area contributed by atoms with Gasteiger partial charge < -0.3 is 10.1 Å². The van der Waals surface area contributed by atoms with Gasteiger partial charge in [0.2, 0.25) is 0 Å². The third-order valence-electron chi connectivity index (χ3n) is 3.80. The number of nitrogens with one attached hydrogen (secondary N) is 1. The van der Waals surface area contributed by atoms with E-state index in [1.807, 2.05) is 35.7 Å². The lowest BCUT2D eigenvalue weighted by Gasteiger charge is -2.18. The number of fused-ring (bicyclic) bond motifs is 1. The number of ether oxygens (including phenoxy) is 1. The average molecular weight is 369 g/mol. The normalized spacial score (nSPS) is 12.8. The van der Waals surface area contributed by atoms with Crippen LogP contribution in [0, 0.1) is 0 Å². The number of benzene rings is 2. The minimum Gasteiger partial charge on any atom is -0.488 e. The molecule has 124 valence electrons. The highest BCUT2D eigenvalue weighted by Crippen LogP contribution is 2.29. The van der Waals surface area contributed by atoms with E-state index in [9.17, 15) is 4.79 Å². The largest absolute Gasteiger partial charge is 0.488 e. The fourth-order valence-corrected chi connectivity index (χ4v) is 3.38. The molecule has 0 atom stereocenters. The summed E-state index contributed by atoms with van der Waals surface area (Å²) >= 11 is 7.58. The van der Waals surface area contributed by atoms with Crippen LogP contribution in [0.25, 0.3) is 16.6 Å². The summed E-state index contributed by atoms with van der Waals surface area (Å²) in [5, 5.41) is 6.39. The molecule has 1 N–H and O–H groups in total. The first-order valence-corrected chi connectivity index (χ1v) is 8.89. The van der Waals surface area contributed by atoms with E-state index >= 15 is 0 Å². The van der Waals surface area contributed by atoms with Gasteiger partial charge in [-0.3, -0.25) is 4.79 Å². The number of halogens is 1. The molecule has 4 rings (SSSR count). The quantitative estimate of drug-likeness (QED) is 0.717. The van der Waals surface area contributed by atoms with Crippen LogP contribution in [0.15, 0.2) is 59.6 Å². The second-order valence-corrected chi connectivity index (χ2v) is 6.84. The SMILES string of the molecule is O=C(Nc1ccc(-c2nccs2)cc1)C1=Cc2cc(Cl)ccc2OC1. The minimum atomic E-state index is -0.187. The van der Waals surface area contributed by atoms with Crippen molar-refractivity contribution in [2.75, 3.05) is 11.9 Å². The Morgan fingerprint density at radius 3 is 2.80 bits per heavy atom. The molecular weight excluding hydrogens is 356 g/mol. The smallest absolute Gasteiger partial charge is 0.255 e. The topological polar surface area (TPSA) is 51.2 Å². The molecular formula is C19H13ClN2O2S. The van der Waals surface area contributed by atoms with Crippen molar-refractivity contribution in [1.29, 1.82) is 0 Å². The van der Waals surface area contributed by atoms with Crippen molar-refractivity contribution < 1.29 is 9.53 Å². The van der Waals surface area contributed by atoms with Gasteiger partial charge in [-0.25, -0.2) is 4.98 Å². The number of aromatic nitrogens is 1. The predicted molar refractivity (Wildman–Crippen MR) is 101 cm³/mol. The first kappa shape index (κ1) is 15.9. The van der Waals surface area contributed by atoms with Crippen molar-refractivity contribution in [2.45, 2.75) is 0 Å². The van der Waals surface area contributed by atoms with Crippen LogP contribution in [-0.4, -0.2) is 17.5 Å². The average Bonchev–Trinajstić information content (AvgIpc) is 3.16. The highest BCUT2D eigenvalue weighted by atomic mass is 35.5. The Hall–Kier alpha value is -2.63. The van der Waals surface area contributed by atoms with Gasteiger partial charge in [0.05, 0.1) is 5.57 Å². The summed E-state index contributed by atoms with van der Waals surface area (Å²) in [6.07, 6.45) is 3.58. The molecule has 2 aromatic carbocycles. The lowest BCUT2D eigenvalue weighted by Crippen LogP contribution is -2.21. The summed E-state index contributed by atoms with van der Waals surface area (Å²) in [5.74, 6) is 0.543. The summed E-state index contributed by atoms with van der Waals surface area (Å²) in [6.45, 7) is 0.234. The molecule has 4 nitrogen and oxygen atoms in total. The number of amides is 1. The lowest BCUT2D eigenvalue weighted by atomic mass is 10.1. The van der Waals surface area contributed by atoms with Crippen LogP contribution in [0.3, 0.4) is 0 Å². The number of carbonyl (C=O) groups excluding carboxylic acids is 1. The van der Waals surface area contributed by atoms with Gasteiger partial charge in [-0.2, -0.15) is 0 Å². The van der Waals surface area contributed by atoms with E-state index in [1.165, 1.54) is 0 Å². The van der Waals surface area contributed by atoms with Crippen LogP contribution in [0.1, 0.15) is 5.56 Å². The molecule has 25 heavy (non-hydrogen) atoms. The molecule has 6 heteroatoms. The van der Waals surface area contributed by atoms with Crippen LogP contribution in [0.2, 0.25) is 5.02 Å². The highest BCUT2D eigenvalue weighted by Gasteiger charge is 2.17. The fourth-order valence-electron chi connectivity index (χ4n) is 2.55. The second kappa shape index (κ2) is 6.70. The standard InChI is InChI=1S/C19H13ClN2O2S/c20-15-3-6-17-13(10-15)9-14(11-24-17)18(23)22-16-4-1-12(2-5-16)19-21-7-8-25-19/h1-10H,11H2,(H,22,23). The zero-order valence-electron chi connectivity index (χ0n) is 13.0. The van der Waals surface area contributed by atoms with Crippen molar-refractivity contribution in [3.05, 3.63) is 70.2 Å². The zero-order chi connectivity index (χ0) is 17.2. The summed E-state index contributed by atoms with van der Waals surface area (Å²) in [6, 6.07) is 13.0. The summed E-state index contributed by atoms with van der Waals surface area (Å²) in [5.41, 5.74) is 3.11. The molecule has 0 fully saturated rings. The van der Waals surface area contributed by atoms with E-state index in [1.54, 1.807) is 35.7 Å². The molecule has 0 aliphatic carbocycles. The third-order valence-corrected chi connectivity index (χ3v) is 4.86. The Balaban J connectivity index is 1.50. The van der Waals surface area contributed by atoms with Gasteiger partial charge in [0.25, 0.3) is 5.91 Å². The molecule has 0 saturated heterocycles. The molecule has 0 radical (unpaired) electrons. The maximum Gasteiger partial charge on any atom is 0.255 e. The third kappa shape index (κ3) is 3.43. The van der Waals surface area contributed by atoms with Gasteiger partial charge in [-0.05, 0) is 48.5 Å². The van der Waals surface area contributed by atoms with Gasteiger partial charge in [0.1, 0.15) is 17.4 Å². The predicted octanol–water partition coefficient (Wildman–Crippen LogP) is 4.88. The van der Waals surface area contributed by atoms with Crippen LogP contribution in [-0.2, 0) is 4.79 Å². The van der Waals surface area contributed by atoms with Gasteiger partial charge in [0.15, 0.2) is 0 Å². The van der Waals surface area contributed by atoms with E-state index in [4.69, 9.17) is 16.3 Å². The van der Waals surface area contributed by atoms with E-state index in [-0.39, 0.29) is 12.5 Å². The van der Waals surface area contributed by atoms with Crippen molar-refractivity contribution in [2.24, 2.45) is 0 Å².